The van der Waals surface area contributed by atoms with E-state index in [-0.39, 0.29) is 0 Å². The number of aromatic nitrogens is 2. The van der Waals surface area contributed by atoms with Gasteiger partial charge in [0.15, 0.2) is 0 Å². The number of hydrogen-bond donors (Lipinski definition) is 2. The van der Waals surface area contributed by atoms with Crippen molar-refractivity contribution in [1.82, 2.24) is 25.1 Å². The van der Waals surface area contributed by atoms with Gasteiger partial charge >= 0.3 is 0 Å². The summed E-state index contributed by atoms with van der Waals surface area (Å²) in [4.78, 5) is 37.5. The van der Waals surface area contributed by atoms with Crippen molar-refractivity contribution in [3.05, 3.63) is 65.5 Å². The highest BCUT2D eigenvalue weighted by atomic mass is 19.3. The molecule has 11 heteroatoms. The highest BCUT2D eigenvalue weighted by molar-refractivity contribution is 6.07. The normalized spacial score (nSPS) is 19.4. The molecule has 0 bridgehead atoms. The molecule has 212 valence electrons. The summed E-state index contributed by atoms with van der Waals surface area (Å²) in [5, 5.41) is 15.7. The zero-order chi connectivity index (χ0) is 29.0. The molecule has 2 amide bonds. The largest absolute Gasteiger partial charge is 0.367 e. The van der Waals surface area contributed by atoms with E-state index >= 15 is 0 Å². The van der Waals surface area contributed by atoms with E-state index < -0.39 is 43.3 Å². The molecule has 2 aliphatic rings. The van der Waals surface area contributed by atoms with Gasteiger partial charge in [-0.2, -0.15) is 5.26 Å². The van der Waals surface area contributed by atoms with Crippen molar-refractivity contribution < 1.29 is 18.4 Å². The molecule has 1 aromatic carbocycles. The quantitative estimate of drug-likeness (QED) is 0.453. The molecule has 2 aromatic heterocycles. The second-order valence-electron chi connectivity index (χ2n) is 10.6. The van der Waals surface area contributed by atoms with Gasteiger partial charge < -0.3 is 20.4 Å². The summed E-state index contributed by atoms with van der Waals surface area (Å²) in [5.74, 6) is -3.54. The molecule has 0 saturated carbocycles. The van der Waals surface area contributed by atoms with Crippen molar-refractivity contribution in [2.45, 2.75) is 37.3 Å². The van der Waals surface area contributed by atoms with Gasteiger partial charge in [0.05, 0.1) is 30.2 Å². The van der Waals surface area contributed by atoms with E-state index in [1.807, 2.05) is 36.4 Å². The van der Waals surface area contributed by atoms with Gasteiger partial charge in [-0.15, -0.1) is 0 Å². The number of anilines is 1. The summed E-state index contributed by atoms with van der Waals surface area (Å²) in [6.45, 7) is 0.821. The first-order valence-corrected chi connectivity index (χ1v) is 13.5. The SMILES string of the molecule is CN1CCC(Nc2ccc(/C=C/c3ccc4nccc(C(=O)NCC(=O)N5CC(F)(F)CC5C#N)c4c3)cn2)CC1. The number of nitrogens with zero attached hydrogens (tertiary/aromatic N) is 5. The average molecular weight is 560 g/mol. The molecule has 0 aliphatic carbocycles. The minimum Gasteiger partial charge on any atom is -0.367 e. The van der Waals surface area contributed by atoms with Crippen LogP contribution < -0.4 is 10.6 Å². The first-order valence-electron chi connectivity index (χ1n) is 13.5. The molecule has 1 unspecified atom stereocenters. The number of nitriles is 1. The summed E-state index contributed by atoms with van der Waals surface area (Å²) >= 11 is 0. The van der Waals surface area contributed by atoms with Gasteiger partial charge in [0.1, 0.15) is 11.9 Å². The number of likely N-dealkylation sites (tertiary alicyclic amines) is 2. The molecule has 0 radical (unpaired) electrons. The number of hydrogen-bond acceptors (Lipinski definition) is 7. The maximum absolute atomic E-state index is 13.7. The van der Waals surface area contributed by atoms with Crippen LogP contribution in [0.3, 0.4) is 0 Å². The number of carbonyl (C=O) groups is 2. The molecular weight excluding hydrogens is 528 g/mol. The average Bonchev–Trinajstić information content (AvgIpc) is 3.30. The maximum atomic E-state index is 13.7. The summed E-state index contributed by atoms with van der Waals surface area (Å²) < 4.78 is 27.4. The van der Waals surface area contributed by atoms with Crippen molar-refractivity contribution >= 4 is 40.7 Å². The number of alkyl halides is 2. The van der Waals surface area contributed by atoms with Crippen LogP contribution in [0.25, 0.3) is 23.1 Å². The number of halogens is 2. The lowest BCUT2D eigenvalue weighted by molar-refractivity contribution is -0.131. The minimum absolute atomic E-state index is 0.299. The van der Waals surface area contributed by atoms with Gasteiger partial charge in [0.2, 0.25) is 5.91 Å². The van der Waals surface area contributed by atoms with E-state index in [1.54, 1.807) is 18.3 Å². The Labute approximate surface area is 236 Å². The Kier molecular flexibility index (Phi) is 8.21. The summed E-state index contributed by atoms with van der Waals surface area (Å²) in [6, 6.07) is 12.0. The Balaban J connectivity index is 1.23. The van der Waals surface area contributed by atoms with Crippen LogP contribution in [-0.4, -0.2) is 82.8 Å². The molecule has 41 heavy (non-hydrogen) atoms. The standard InChI is InChI=1S/C30H31F2N7O2/c1-38-12-9-22(10-13-38)37-27-7-5-21(17-35-27)3-2-20-4-6-26-25(14-20)24(8-11-34-26)29(41)36-18-28(40)39-19-30(31,32)15-23(39)16-33/h2-8,11,14,17,22-23H,9-10,12-13,15,18-19H2,1H3,(H,35,37)(H,36,41)/b3-2+. The number of nitrogens with one attached hydrogen (secondary N) is 2. The molecule has 2 saturated heterocycles. The maximum Gasteiger partial charge on any atom is 0.268 e. The van der Waals surface area contributed by atoms with Gasteiger partial charge in [-0.25, -0.2) is 13.8 Å². The highest BCUT2D eigenvalue weighted by Gasteiger charge is 2.47. The van der Waals surface area contributed by atoms with Gasteiger partial charge in [-0.1, -0.05) is 18.2 Å². The van der Waals surface area contributed by atoms with Crippen molar-refractivity contribution in [1.29, 1.82) is 5.26 Å². The molecule has 4 heterocycles. The first kappa shape index (κ1) is 28.1. The zero-order valence-electron chi connectivity index (χ0n) is 22.7. The smallest absolute Gasteiger partial charge is 0.268 e. The lowest BCUT2D eigenvalue weighted by Gasteiger charge is -2.29. The van der Waals surface area contributed by atoms with Crippen LogP contribution in [0.2, 0.25) is 0 Å². The van der Waals surface area contributed by atoms with Gasteiger partial charge in [0.25, 0.3) is 11.8 Å². The molecule has 2 aliphatic heterocycles. The molecule has 9 nitrogen and oxygen atoms in total. The van der Waals surface area contributed by atoms with Crippen molar-refractivity contribution in [3.63, 3.8) is 0 Å². The number of rotatable bonds is 7. The first-order chi connectivity index (χ1) is 19.7. The summed E-state index contributed by atoms with van der Waals surface area (Å²) in [5.41, 5.74) is 2.65. The van der Waals surface area contributed by atoms with Crippen LogP contribution >= 0.6 is 0 Å². The van der Waals surface area contributed by atoms with Gasteiger partial charge in [-0.3, -0.25) is 14.6 Å². The number of pyridine rings is 2. The fraction of sp³-hybridized carbons (Fsp3) is 0.367. The van der Waals surface area contributed by atoms with E-state index in [0.29, 0.717) is 22.5 Å². The number of carbonyl (C=O) groups excluding carboxylic acids is 2. The molecular formula is C30H31F2N7O2. The van der Waals surface area contributed by atoms with Crippen LogP contribution in [0.4, 0.5) is 14.6 Å². The summed E-state index contributed by atoms with van der Waals surface area (Å²) in [7, 11) is 2.13. The topological polar surface area (TPSA) is 114 Å². The Morgan fingerprint density at radius 1 is 1.12 bits per heavy atom. The van der Waals surface area contributed by atoms with Crippen LogP contribution in [-0.2, 0) is 4.79 Å². The zero-order valence-corrected chi connectivity index (χ0v) is 22.7. The van der Waals surface area contributed by atoms with Crippen molar-refractivity contribution in [2.24, 2.45) is 0 Å². The van der Waals surface area contributed by atoms with Gasteiger partial charge in [0, 0.05) is 30.2 Å². The molecule has 3 aromatic rings. The Bertz CT molecular complexity index is 1490. The summed E-state index contributed by atoms with van der Waals surface area (Å²) in [6.07, 6.45) is 8.61. The predicted octanol–water partition coefficient (Wildman–Crippen LogP) is 3.80. The second kappa shape index (κ2) is 12.0. The minimum atomic E-state index is -3.12. The molecule has 1 atom stereocenters. The number of benzene rings is 1. The van der Waals surface area contributed by atoms with E-state index in [4.69, 9.17) is 5.26 Å². The number of fused-ring (bicyclic) bond motifs is 1. The third-order valence-electron chi connectivity index (χ3n) is 7.47. The fourth-order valence-corrected chi connectivity index (χ4v) is 5.16. The van der Waals surface area contributed by atoms with E-state index in [2.05, 4.69) is 32.5 Å². The van der Waals surface area contributed by atoms with Crippen molar-refractivity contribution in [3.8, 4) is 6.07 Å². The highest BCUT2D eigenvalue weighted by Crippen LogP contribution is 2.31. The van der Waals surface area contributed by atoms with E-state index in [0.717, 1.165) is 47.8 Å². The fourth-order valence-electron chi connectivity index (χ4n) is 5.16. The lowest BCUT2D eigenvalue weighted by Crippen LogP contribution is -2.43. The number of piperidine rings is 1. The number of amides is 2. The third kappa shape index (κ3) is 6.84. The van der Waals surface area contributed by atoms with E-state index in [1.165, 1.54) is 12.3 Å². The van der Waals surface area contributed by atoms with Crippen LogP contribution in [0, 0.1) is 11.3 Å². The monoisotopic (exact) mass is 559 g/mol. The Morgan fingerprint density at radius 2 is 1.88 bits per heavy atom. The predicted molar refractivity (Wildman–Crippen MR) is 152 cm³/mol. The van der Waals surface area contributed by atoms with Crippen molar-refractivity contribution in [2.75, 3.05) is 38.5 Å². The van der Waals surface area contributed by atoms with Crippen LogP contribution in [0.1, 0.15) is 40.7 Å². The molecule has 0 spiro atoms. The lowest BCUT2D eigenvalue weighted by atomic mass is 10.0. The Morgan fingerprint density at radius 3 is 2.61 bits per heavy atom. The van der Waals surface area contributed by atoms with Gasteiger partial charge in [-0.05, 0) is 74.4 Å². The second-order valence-corrected chi connectivity index (χ2v) is 10.6. The molecule has 2 fully saturated rings. The molecule has 5 rings (SSSR count). The molecule has 2 N–H and O–H groups in total. The Hall–Kier alpha value is -4.43. The third-order valence-corrected chi connectivity index (χ3v) is 7.47. The van der Waals surface area contributed by atoms with Crippen LogP contribution in [0.15, 0.2) is 48.8 Å². The van der Waals surface area contributed by atoms with Crippen LogP contribution in [0.5, 0.6) is 0 Å². The van der Waals surface area contributed by atoms with E-state index in [9.17, 15) is 18.4 Å².